The molecule has 2 fully saturated rings. The van der Waals surface area contributed by atoms with E-state index in [2.05, 4.69) is 0 Å². The summed E-state index contributed by atoms with van der Waals surface area (Å²) in [4.78, 5) is 11.5. The highest BCUT2D eigenvalue weighted by molar-refractivity contribution is 5.82. The molecule has 1 aliphatic carbocycles. The van der Waals surface area contributed by atoms with Crippen LogP contribution in [-0.4, -0.2) is 23.3 Å². The fourth-order valence-electron chi connectivity index (χ4n) is 2.80. The Morgan fingerprint density at radius 3 is 2.27 bits per heavy atom. The van der Waals surface area contributed by atoms with Crippen molar-refractivity contribution < 1.29 is 14.3 Å². The second-order valence-electron chi connectivity index (χ2n) is 5.29. The Morgan fingerprint density at radius 1 is 1.20 bits per heavy atom. The molecular formula is C12H20O3. The summed E-state index contributed by atoms with van der Waals surface area (Å²) in [6.45, 7) is 5.47. The van der Waals surface area contributed by atoms with Crippen LogP contribution in [0, 0.1) is 0 Å². The van der Waals surface area contributed by atoms with Gasteiger partial charge in [0.1, 0.15) is 6.10 Å². The minimum absolute atomic E-state index is 0.0717. The molecule has 0 N–H and O–H groups in total. The van der Waals surface area contributed by atoms with Gasteiger partial charge < -0.3 is 9.47 Å². The van der Waals surface area contributed by atoms with E-state index in [0.29, 0.717) is 0 Å². The lowest BCUT2D eigenvalue weighted by atomic mass is 9.94. The van der Waals surface area contributed by atoms with Crippen molar-refractivity contribution >= 4 is 5.78 Å². The van der Waals surface area contributed by atoms with Crippen molar-refractivity contribution in [1.29, 1.82) is 0 Å². The molecule has 0 aromatic heterocycles. The lowest BCUT2D eigenvalue weighted by molar-refractivity contribution is -0.203. The second-order valence-corrected chi connectivity index (χ2v) is 5.29. The van der Waals surface area contributed by atoms with E-state index in [1.165, 1.54) is 6.42 Å². The molecule has 2 rings (SSSR count). The molecule has 0 aromatic rings. The molecule has 3 nitrogen and oxygen atoms in total. The number of carbonyl (C=O) groups excluding carboxylic acids is 1. The van der Waals surface area contributed by atoms with E-state index in [-0.39, 0.29) is 5.78 Å². The first-order valence-corrected chi connectivity index (χ1v) is 5.84. The smallest absolute Gasteiger partial charge is 0.170 e. The van der Waals surface area contributed by atoms with Crippen LogP contribution in [-0.2, 0) is 14.3 Å². The molecule has 86 valence electrons. The van der Waals surface area contributed by atoms with Crippen molar-refractivity contribution in [2.24, 2.45) is 0 Å². The minimum atomic E-state index is -0.469. The minimum Gasteiger partial charge on any atom is -0.341 e. The number of Topliss-reactive ketones (excluding diaryl/α,β-unsaturated/α-hetero) is 1. The van der Waals surface area contributed by atoms with Crippen molar-refractivity contribution in [2.75, 3.05) is 0 Å². The van der Waals surface area contributed by atoms with Crippen molar-refractivity contribution in [3.05, 3.63) is 0 Å². The maximum atomic E-state index is 11.5. The highest BCUT2D eigenvalue weighted by Crippen LogP contribution is 2.44. The van der Waals surface area contributed by atoms with Crippen LogP contribution >= 0.6 is 0 Å². The van der Waals surface area contributed by atoms with Gasteiger partial charge in [-0.1, -0.05) is 6.42 Å². The predicted molar refractivity (Wildman–Crippen MR) is 56.5 cm³/mol. The van der Waals surface area contributed by atoms with Gasteiger partial charge in [0.2, 0.25) is 0 Å². The molecule has 3 heteroatoms. The summed E-state index contributed by atoms with van der Waals surface area (Å²) in [5.41, 5.74) is -0.469. The van der Waals surface area contributed by atoms with Crippen LogP contribution in [0.2, 0.25) is 0 Å². The normalized spacial score (nSPS) is 33.1. The predicted octanol–water partition coefficient (Wildman–Crippen LogP) is 2.43. The monoisotopic (exact) mass is 212 g/mol. The maximum Gasteiger partial charge on any atom is 0.170 e. The van der Waals surface area contributed by atoms with Gasteiger partial charge in [-0.15, -0.1) is 0 Å². The summed E-state index contributed by atoms with van der Waals surface area (Å²) < 4.78 is 11.9. The van der Waals surface area contributed by atoms with E-state index in [4.69, 9.17) is 9.47 Å². The van der Waals surface area contributed by atoms with E-state index in [1.807, 2.05) is 13.8 Å². The average molecular weight is 212 g/mol. The third-order valence-electron chi connectivity index (χ3n) is 3.40. The van der Waals surface area contributed by atoms with Crippen molar-refractivity contribution in [2.45, 2.75) is 70.4 Å². The molecule has 1 heterocycles. The fourth-order valence-corrected chi connectivity index (χ4v) is 2.80. The van der Waals surface area contributed by atoms with Crippen LogP contribution in [0.3, 0.4) is 0 Å². The molecule has 1 saturated heterocycles. The molecule has 0 aromatic carbocycles. The quantitative estimate of drug-likeness (QED) is 0.669. The second kappa shape index (κ2) is 3.56. The van der Waals surface area contributed by atoms with E-state index >= 15 is 0 Å². The van der Waals surface area contributed by atoms with Crippen molar-refractivity contribution in [3.63, 3.8) is 0 Å². The zero-order valence-electron chi connectivity index (χ0n) is 9.84. The summed E-state index contributed by atoms with van der Waals surface area (Å²) in [5, 5.41) is 0. The third kappa shape index (κ3) is 1.95. The molecule has 1 aliphatic heterocycles. The summed E-state index contributed by atoms with van der Waals surface area (Å²) in [6, 6.07) is 0. The first-order chi connectivity index (χ1) is 6.95. The van der Waals surface area contributed by atoms with E-state index in [9.17, 15) is 4.79 Å². The Labute approximate surface area is 91.1 Å². The molecule has 1 spiro atoms. The fraction of sp³-hybridized carbons (Fsp3) is 0.917. The Kier molecular flexibility index (Phi) is 2.63. The van der Waals surface area contributed by atoms with Crippen LogP contribution in [0.1, 0.15) is 52.9 Å². The number of hydrogen-bond acceptors (Lipinski definition) is 3. The molecule has 1 atom stereocenters. The van der Waals surface area contributed by atoms with E-state index < -0.39 is 17.5 Å². The largest absolute Gasteiger partial charge is 0.341 e. The third-order valence-corrected chi connectivity index (χ3v) is 3.40. The van der Waals surface area contributed by atoms with Gasteiger partial charge in [-0.3, -0.25) is 4.79 Å². The molecule has 1 saturated carbocycles. The number of rotatable bonds is 1. The SMILES string of the molecule is CC(=O)C1OC2(CCCCC2)OC1(C)C. The van der Waals surface area contributed by atoms with Gasteiger partial charge in [-0.2, -0.15) is 0 Å². The molecule has 1 unspecified atom stereocenters. The van der Waals surface area contributed by atoms with Gasteiger partial charge in [0, 0.05) is 12.8 Å². The first-order valence-electron chi connectivity index (χ1n) is 5.84. The summed E-state index contributed by atoms with van der Waals surface area (Å²) in [5.74, 6) is -0.389. The number of hydrogen-bond donors (Lipinski definition) is 0. The van der Waals surface area contributed by atoms with Crippen LogP contribution in [0.15, 0.2) is 0 Å². The number of carbonyl (C=O) groups is 1. The Morgan fingerprint density at radius 2 is 1.80 bits per heavy atom. The Bertz CT molecular complexity index is 264. The number of ketones is 1. The van der Waals surface area contributed by atoms with E-state index in [1.54, 1.807) is 6.92 Å². The van der Waals surface area contributed by atoms with Gasteiger partial charge in [0.25, 0.3) is 0 Å². The lowest BCUT2D eigenvalue weighted by Crippen LogP contribution is -2.38. The highest BCUT2D eigenvalue weighted by Gasteiger charge is 2.53. The van der Waals surface area contributed by atoms with Gasteiger partial charge in [-0.25, -0.2) is 0 Å². The van der Waals surface area contributed by atoms with Gasteiger partial charge in [-0.05, 0) is 33.6 Å². The van der Waals surface area contributed by atoms with Crippen molar-refractivity contribution in [3.8, 4) is 0 Å². The Balaban J connectivity index is 2.16. The van der Waals surface area contributed by atoms with Crippen LogP contribution in [0.25, 0.3) is 0 Å². The van der Waals surface area contributed by atoms with E-state index in [0.717, 1.165) is 25.7 Å². The molecule has 0 bridgehead atoms. The van der Waals surface area contributed by atoms with Crippen LogP contribution in [0.4, 0.5) is 0 Å². The highest BCUT2D eigenvalue weighted by atomic mass is 16.8. The molecular weight excluding hydrogens is 192 g/mol. The standard InChI is InChI=1S/C12H20O3/c1-9(13)10-11(2,3)15-12(14-10)7-5-4-6-8-12/h10H,4-8H2,1-3H3. The summed E-state index contributed by atoms with van der Waals surface area (Å²) >= 11 is 0. The number of ether oxygens (including phenoxy) is 2. The van der Waals surface area contributed by atoms with Crippen molar-refractivity contribution in [1.82, 2.24) is 0 Å². The van der Waals surface area contributed by atoms with Gasteiger partial charge in [0.15, 0.2) is 11.6 Å². The average Bonchev–Trinajstić information content (AvgIpc) is 2.39. The molecule has 0 radical (unpaired) electrons. The maximum absolute atomic E-state index is 11.5. The molecule has 0 amide bonds. The summed E-state index contributed by atoms with van der Waals surface area (Å²) in [7, 11) is 0. The molecule has 15 heavy (non-hydrogen) atoms. The molecule has 2 aliphatic rings. The lowest BCUT2D eigenvalue weighted by Gasteiger charge is -2.32. The zero-order valence-corrected chi connectivity index (χ0v) is 9.84. The zero-order chi connectivity index (χ0) is 11.1. The van der Waals surface area contributed by atoms with Gasteiger partial charge in [0.05, 0.1) is 5.60 Å². The van der Waals surface area contributed by atoms with Crippen LogP contribution in [0.5, 0.6) is 0 Å². The Hall–Kier alpha value is -0.410. The van der Waals surface area contributed by atoms with Gasteiger partial charge >= 0.3 is 0 Å². The summed E-state index contributed by atoms with van der Waals surface area (Å²) in [6.07, 6.45) is 5.00. The topological polar surface area (TPSA) is 35.5 Å². The van der Waals surface area contributed by atoms with Crippen LogP contribution < -0.4 is 0 Å². The first kappa shape index (κ1) is 11.1.